The van der Waals surface area contributed by atoms with Gasteiger partial charge in [0.25, 0.3) is 0 Å². The molecule has 1 aromatic rings. The highest BCUT2D eigenvalue weighted by atomic mass is 32.1. The molecule has 1 aliphatic heterocycles. The van der Waals surface area contributed by atoms with E-state index in [1.54, 1.807) is 16.8 Å². The van der Waals surface area contributed by atoms with E-state index < -0.39 is 0 Å². The normalized spacial score (nSPS) is 21.3. The zero-order valence-corrected chi connectivity index (χ0v) is 11.1. The van der Waals surface area contributed by atoms with E-state index in [-0.39, 0.29) is 12.6 Å². The monoisotopic (exact) mass is 256 g/mol. The maximum atomic E-state index is 9.18. The van der Waals surface area contributed by atoms with Gasteiger partial charge in [-0.1, -0.05) is 0 Å². The molecule has 0 radical (unpaired) electrons. The molecule has 0 spiro atoms. The van der Waals surface area contributed by atoms with Crippen molar-refractivity contribution in [3.63, 3.8) is 0 Å². The fourth-order valence-electron chi connectivity index (χ4n) is 2.16. The maximum Gasteiger partial charge on any atom is 0.131 e. The van der Waals surface area contributed by atoms with Crippen molar-refractivity contribution in [3.05, 3.63) is 10.5 Å². The first-order chi connectivity index (χ1) is 8.29. The average Bonchev–Trinajstić information content (AvgIpc) is 2.73. The average molecular weight is 256 g/mol. The summed E-state index contributed by atoms with van der Waals surface area (Å²) in [5.41, 5.74) is 1.79. The molecular weight excluding hydrogens is 236 g/mol. The minimum Gasteiger partial charge on any atom is -0.395 e. The summed E-state index contributed by atoms with van der Waals surface area (Å²) in [5.74, 6) is 0. The number of hydrogen-bond donors (Lipinski definition) is 1. The molecule has 17 heavy (non-hydrogen) atoms. The molecule has 96 valence electrons. The van der Waals surface area contributed by atoms with Gasteiger partial charge >= 0.3 is 0 Å². The summed E-state index contributed by atoms with van der Waals surface area (Å²) in [7, 11) is 0. The summed E-state index contributed by atoms with van der Waals surface area (Å²) in [6.45, 7) is 7.50. The van der Waals surface area contributed by atoms with Crippen LogP contribution in [0.25, 0.3) is 0 Å². The van der Waals surface area contributed by atoms with E-state index in [0.717, 1.165) is 44.2 Å². The lowest BCUT2D eigenvalue weighted by Gasteiger charge is -2.26. The second-order valence-corrected chi connectivity index (χ2v) is 5.45. The van der Waals surface area contributed by atoms with Crippen LogP contribution in [-0.4, -0.2) is 63.9 Å². The van der Waals surface area contributed by atoms with Crippen molar-refractivity contribution in [1.82, 2.24) is 20.0 Å². The van der Waals surface area contributed by atoms with Crippen LogP contribution in [0.3, 0.4) is 0 Å². The number of aromatic nitrogens is 2. The molecule has 0 aliphatic carbocycles. The van der Waals surface area contributed by atoms with Crippen LogP contribution in [0.4, 0.5) is 0 Å². The minimum atomic E-state index is 0.246. The Morgan fingerprint density at radius 2 is 2.29 bits per heavy atom. The molecule has 2 heterocycles. The van der Waals surface area contributed by atoms with Crippen LogP contribution in [0, 0.1) is 0 Å². The first-order valence-electron chi connectivity index (χ1n) is 6.12. The Kier molecular flexibility index (Phi) is 4.85. The molecule has 6 heteroatoms. The van der Waals surface area contributed by atoms with Crippen LogP contribution in [-0.2, 0) is 6.54 Å². The first kappa shape index (κ1) is 12.9. The molecule has 1 aliphatic rings. The molecule has 0 amide bonds. The fourth-order valence-corrected chi connectivity index (χ4v) is 2.73. The van der Waals surface area contributed by atoms with Gasteiger partial charge in [0.1, 0.15) is 10.5 Å². The van der Waals surface area contributed by atoms with Crippen molar-refractivity contribution >= 4 is 11.3 Å². The molecular formula is C11H20N4OS. The number of aliphatic hydroxyl groups excluding tert-OH is 1. The summed E-state index contributed by atoms with van der Waals surface area (Å²) < 4.78 is 0. The van der Waals surface area contributed by atoms with Gasteiger partial charge in [0.15, 0.2) is 0 Å². The molecule has 1 saturated heterocycles. The van der Waals surface area contributed by atoms with E-state index in [9.17, 15) is 5.11 Å². The van der Waals surface area contributed by atoms with Crippen molar-refractivity contribution in [1.29, 1.82) is 0 Å². The third kappa shape index (κ3) is 3.70. The van der Waals surface area contributed by atoms with Crippen LogP contribution in [0.1, 0.15) is 18.4 Å². The lowest BCUT2D eigenvalue weighted by Crippen LogP contribution is -2.38. The van der Waals surface area contributed by atoms with E-state index >= 15 is 0 Å². The third-order valence-corrected chi connectivity index (χ3v) is 3.96. The van der Waals surface area contributed by atoms with Gasteiger partial charge in [0.2, 0.25) is 0 Å². The van der Waals surface area contributed by atoms with E-state index in [1.165, 1.54) is 0 Å². The SMILES string of the molecule is CC(CO)N1CCCN(Cc2nncs2)CC1. The predicted molar refractivity (Wildman–Crippen MR) is 67.9 cm³/mol. The number of aliphatic hydroxyl groups is 1. The third-order valence-electron chi connectivity index (χ3n) is 3.27. The van der Waals surface area contributed by atoms with Gasteiger partial charge in [-0.15, -0.1) is 21.5 Å². The second-order valence-electron chi connectivity index (χ2n) is 4.53. The van der Waals surface area contributed by atoms with E-state index in [0.29, 0.717) is 0 Å². The molecule has 1 N–H and O–H groups in total. The van der Waals surface area contributed by atoms with Crippen molar-refractivity contribution in [2.75, 3.05) is 32.8 Å². The van der Waals surface area contributed by atoms with Crippen LogP contribution in [0.15, 0.2) is 5.51 Å². The first-order valence-corrected chi connectivity index (χ1v) is 7.00. The fraction of sp³-hybridized carbons (Fsp3) is 0.818. The summed E-state index contributed by atoms with van der Waals surface area (Å²) in [4.78, 5) is 4.78. The van der Waals surface area contributed by atoms with E-state index in [2.05, 4.69) is 26.9 Å². The van der Waals surface area contributed by atoms with Gasteiger partial charge in [0.05, 0.1) is 13.2 Å². The smallest absolute Gasteiger partial charge is 0.131 e. The molecule has 1 aromatic heterocycles. The Labute approximate surface area is 106 Å². The molecule has 1 atom stereocenters. The van der Waals surface area contributed by atoms with E-state index in [4.69, 9.17) is 0 Å². The predicted octanol–water partition coefficient (Wildman–Crippen LogP) is 0.427. The van der Waals surface area contributed by atoms with E-state index in [1.807, 2.05) is 0 Å². The van der Waals surface area contributed by atoms with Gasteiger partial charge in [-0.3, -0.25) is 9.80 Å². The number of nitrogens with zero attached hydrogens (tertiary/aromatic N) is 4. The van der Waals surface area contributed by atoms with Gasteiger partial charge in [-0.2, -0.15) is 0 Å². The molecule has 1 unspecified atom stereocenters. The van der Waals surface area contributed by atoms with Crippen LogP contribution in [0.2, 0.25) is 0 Å². The zero-order chi connectivity index (χ0) is 12.1. The molecule has 0 aromatic carbocycles. The highest BCUT2D eigenvalue weighted by Gasteiger charge is 2.19. The lowest BCUT2D eigenvalue weighted by atomic mass is 10.3. The Morgan fingerprint density at radius 1 is 1.41 bits per heavy atom. The summed E-state index contributed by atoms with van der Waals surface area (Å²) in [5, 5.41) is 18.2. The van der Waals surface area contributed by atoms with Gasteiger partial charge in [0, 0.05) is 19.1 Å². The number of hydrogen-bond acceptors (Lipinski definition) is 6. The number of rotatable bonds is 4. The van der Waals surface area contributed by atoms with Gasteiger partial charge in [-0.25, -0.2) is 0 Å². The van der Waals surface area contributed by atoms with Crippen molar-refractivity contribution in [2.45, 2.75) is 25.9 Å². The topological polar surface area (TPSA) is 52.5 Å². The van der Waals surface area contributed by atoms with Crippen LogP contribution < -0.4 is 0 Å². The Balaban J connectivity index is 1.83. The maximum absolute atomic E-state index is 9.18. The zero-order valence-electron chi connectivity index (χ0n) is 10.2. The van der Waals surface area contributed by atoms with Crippen molar-refractivity contribution in [2.24, 2.45) is 0 Å². The summed E-state index contributed by atoms with van der Waals surface area (Å²) >= 11 is 1.62. The largest absolute Gasteiger partial charge is 0.395 e. The van der Waals surface area contributed by atoms with Crippen molar-refractivity contribution in [3.8, 4) is 0 Å². The molecule has 5 nitrogen and oxygen atoms in total. The highest BCUT2D eigenvalue weighted by Crippen LogP contribution is 2.11. The lowest BCUT2D eigenvalue weighted by molar-refractivity contribution is 0.136. The molecule has 1 fully saturated rings. The Bertz CT molecular complexity index is 319. The standard InChI is InChI=1S/C11H20N4OS/c1-10(8-16)15-4-2-3-14(5-6-15)7-11-13-12-9-17-11/h9-10,16H,2-8H2,1H3. The Hall–Kier alpha value is -0.560. The Morgan fingerprint density at radius 3 is 3.00 bits per heavy atom. The molecule has 0 bridgehead atoms. The highest BCUT2D eigenvalue weighted by molar-refractivity contribution is 7.09. The van der Waals surface area contributed by atoms with Crippen molar-refractivity contribution < 1.29 is 5.11 Å². The molecule has 0 saturated carbocycles. The van der Waals surface area contributed by atoms with Crippen LogP contribution in [0.5, 0.6) is 0 Å². The summed E-state index contributed by atoms with van der Waals surface area (Å²) in [6, 6.07) is 0.275. The quantitative estimate of drug-likeness (QED) is 0.846. The van der Waals surface area contributed by atoms with Crippen LogP contribution >= 0.6 is 11.3 Å². The van der Waals surface area contributed by atoms with Gasteiger partial charge in [-0.05, 0) is 26.4 Å². The summed E-state index contributed by atoms with van der Waals surface area (Å²) in [6.07, 6.45) is 1.16. The minimum absolute atomic E-state index is 0.246. The second kappa shape index (κ2) is 6.39. The van der Waals surface area contributed by atoms with Gasteiger partial charge < -0.3 is 5.11 Å². The molecule has 2 rings (SSSR count).